The van der Waals surface area contributed by atoms with Crippen LogP contribution in [0.2, 0.25) is 0 Å². The zero-order valence-corrected chi connectivity index (χ0v) is 15.7. The molecule has 4 atom stereocenters. The maximum Gasteiger partial charge on any atom is 0.329 e. The fraction of sp³-hybridized carbons (Fsp3) is 0.647. The van der Waals surface area contributed by atoms with Crippen molar-refractivity contribution >= 4 is 17.8 Å². The summed E-state index contributed by atoms with van der Waals surface area (Å²) in [4.78, 5) is 39.1. The van der Waals surface area contributed by atoms with Crippen molar-refractivity contribution in [3.8, 4) is 0 Å². The molecule has 0 aliphatic carbocycles. The number of carbonyl (C=O) groups excluding carboxylic acids is 3. The number of methoxy groups -OCH3 is 1. The summed E-state index contributed by atoms with van der Waals surface area (Å²) < 4.78 is 6.46. The highest BCUT2D eigenvalue weighted by molar-refractivity contribution is 6.09. The summed E-state index contributed by atoms with van der Waals surface area (Å²) in [5.74, 6) is -3.68. The van der Waals surface area contributed by atoms with Gasteiger partial charge in [-0.05, 0) is 13.8 Å². The Morgan fingerprint density at radius 1 is 1.30 bits per heavy atom. The molecule has 2 aliphatic rings. The summed E-state index contributed by atoms with van der Waals surface area (Å²) in [6, 6.07) is -0.699. The number of amides is 2. The molecule has 3 N–H and O–H groups in total. The van der Waals surface area contributed by atoms with Crippen molar-refractivity contribution in [1.29, 1.82) is 0 Å². The van der Waals surface area contributed by atoms with Gasteiger partial charge in [-0.3, -0.25) is 24.5 Å². The average Bonchev–Trinajstić information content (AvgIpc) is 3.21. The Bertz CT molecular complexity index is 806. The monoisotopic (exact) mass is 380 g/mol. The summed E-state index contributed by atoms with van der Waals surface area (Å²) in [5.41, 5.74) is 0.297. The van der Waals surface area contributed by atoms with Crippen LogP contribution in [0.15, 0.2) is 0 Å². The lowest BCUT2D eigenvalue weighted by Crippen LogP contribution is -2.58. The standard InChI is InChI=1S/C17H24N4O6/c1-8-10(9(2)21(19-8)5-6-22)13-11-12(15(25)20(3)14(11)24)17(7-23,18-13)16(26)27-4/h11-13,18,22-23H,5-7H2,1-4H3/t11-,12-,13-,17-/m1/s1. The summed E-state index contributed by atoms with van der Waals surface area (Å²) in [7, 11) is 2.54. The van der Waals surface area contributed by atoms with Crippen LogP contribution in [0.3, 0.4) is 0 Å². The van der Waals surface area contributed by atoms with Crippen molar-refractivity contribution in [2.75, 3.05) is 27.4 Å². The molecule has 0 aromatic carbocycles. The molecule has 3 heterocycles. The van der Waals surface area contributed by atoms with Crippen molar-refractivity contribution in [1.82, 2.24) is 20.0 Å². The second kappa shape index (κ2) is 6.70. The predicted octanol–water partition coefficient (Wildman–Crippen LogP) is -1.73. The van der Waals surface area contributed by atoms with Crippen LogP contribution in [-0.2, 0) is 25.7 Å². The Morgan fingerprint density at radius 3 is 2.52 bits per heavy atom. The zero-order valence-electron chi connectivity index (χ0n) is 15.7. The fourth-order valence-electron chi connectivity index (χ4n) is 4.45. The number of aromatic nitrogens is 2. The summed E-state index contributed by atoms with van der Waals surface area (Å²) in [6.45, 7) is 3.04. The third-order valence-corrected chi connectivity index (χ3v) is 5.73. The first-order chi connectivity index (χ1) is 12.7. The van der Waals surface area contributed by atoms with Gasteiger partial charge >= 0.3 is 5.97 Å². The second-order valence-corrected chi connectivity index (χ2v) is 7.01. The van der Waals surface area contributed by atoms with Gasteiger partial charge in [0.05, 0.1) is 44.4 Å². The number of fused-ring (bicyclic) bond motifs is 1. The SMILES string of the molecule is COC(=O)[C@]1(CO)N[C@H](c2c(C)nn(CCO)c2C)[C@@H]2C(=O)N(C)C(=O)[C@@H]21. The van der Waals surface area contributed by atoms with Crippen LogP contribution >= 0.6 is 0 Å². The molecule has 10 nitrogen and oxygen atoms in total. The van der Waals surface area contributed by atoms with Crippen LogP contribution in [0.1, 0.15) is 23.0 Å². The first-order valence-electron chi connectivity index (χ1n) is 8.68. The minimum Gasteiger partial charge on any atom is -0.468 e. The minimum absolute atomic E-state index is 0.103. The van der Waals surface area contributed by atoms with Crippen LogP contribution in [0.5, 0.6) is 0 Å². The first-order valence-corrected chi connectivity index (χ1v) is 8.68. The lowest BCUT2D eigenvalue weighted by Gasteiger charge is -2.30. The molecule has 0 radical (unpaired) electrons. The van der Waals surface area contributed by atoms with Crippen LogP contribution < -0.4 is 5.32 Å². The Kier molecular flexibility index (Phi) is 4.83. The van der Waals surface area contributed by atoms with Gasteiger partial charge in [-0.2, -0.15) is 5.10 Å². The van der Waals surface area contributed by atoms with E-state index >= 15 is 0 Å². The van der Waals surface area contributed by atoms with Gasteiger partial charge in [-0.15, -0.1) is 0 Å². The largest absolute Gasteiger partial charge is 0.468 e. The second-order valence-electron chi connectivity index (χ2n) is 7.01. The Morgan fingerprint density at radius 2 is 1.96 bits per heavy atom. The molecule has 10 heteroatoms. The van der Waals surface area contributed by atoms with Gasteiger partial charge < -0.3 is 14.9 Å². The maximum absolute atomic E-state index is 12.8. The number of ether oxygens (including phenoxy) is 1. The number of carbonyl (C=O) groups is 3. The molecule has 148 valence electrons. The van der Waals surface area contributed by atoms with E-state index in [0.717, 1.165) is 4.90 Å². The van der Waals surface area contributed by atoms with Gasteiger partial charge in [0, 0.05) is 24.3 Å². The number of rotatable bonds is 5. The van der Waals surface area contributed by atoms with E-state index in [4.69, 9.17) is 4.74 Å². The lowest BCUT2D eigenvalue weighted by molar-refractivity contribution is -0.156. The molecule has 2 fully saturated rings. The molecule has 27 heavy (non-hydrogen) atoms. The van der Waals surface area contributed by atoms with E-state index in [-0.39, 0.29) is 13.2 Å². The third-order valence-electron chi connectivity index (χ3n) is 5.73. The van der Waals surface area contributed by atoms with Crippen LogP contribution in [0.25, 0.3) is 0 Å². The lowest BCUT2D eigenvalue weighted by atomic mass is 9.79. The summed E-state index contributed by atoms with van der Waals surface area (Å²) >= 11 is 0. The summed E-state index contributed by atoms with van der Waals surface area (Å²) in [6.07, 6.45) is 0. The minimum atomic E-state index is -1.71. The Balaban J connectivity index is 2.17. The predicted molar refractivity (Wildman–Crippen MR) is 91.3 cm³/mol. The number of aliphatic hydroxyl groups excluding tert-OH is 2. The van der Waals surface area contributed by atoms with Gasteiger partial charge in [0.25, 0.3) is 0 Å². The Labute approximate surface area is 156 Å². The first kappa shape index (κ1) is 19.5. The normalized spacial score (nSPS) is 30.1. The molecule has 0 spiro atoms. The molecule has 3 rings (SSSR count). The number of nitrogens with zero attached hydrogens (tertiary/aromatic N) is 3. The molecule has 0 unspecified atom stereocenters. The van der Waals surface area contributed by atoms with Gasteiger partial charge in [-0.1, -0.05) is 0 Å². The molecule has 1 aromatic rings. The maximum atomic E-state index is 12.8. The van der Waals surface area contributed by atoms with Gasteiger partial charge in [0.2, 0.25) is 11.8 Å². The highest BCUT2D eigenvalue weighted by Crippen LogP contribution is 2.49. The summed E-state index contributed by atoms with van der Waals surface area (Å²) in [5, 5.41) is 26.7. The van der Waals surface area contributed by atoms with Crippen molar-refractivity contribution in [3.63, 3.8) is 0 Å². The van der Waals surface area contributed by atoms with Gasteiger partial charge in [-0.25, -0.2) is 4.79 Å². The molecule has 1 aromatic heterocycles. The van der Waals surface area contributed by atoms with Crippen molar-refractivity contribution in [2.45, 2.75) is 32.0 Å². The Hall–Kier alpha value is -2.30. The van der Waals surface area contributed by atoms with Crippen LogP contribution in [0, 0.1) is 25.7 Å². The number of likely N-dealkylation sites (tertiary alicyclic amines) is 1. The van der Waals surface area contributed by atoms with Crippen LogP contribution in [0.4, 0.5) is 0 Å². The number of aliphatic hydroxyl groups is 2. The molecule has 2 saturated heterocycles. The smallest absolute Gasteiger partial charge is 0.329 e. The van der Waals surface area contributed by atoms with E-state index in [0.29, 0.717) is 17.0 Å². The highest BCUT2D eigenvalue weighted by Gasteiger charge is 2.68. The molecule has 0 saturated carbocycles. The van der Waals surface area contributed by atoms with Crippen LogP contribution in [-0.4, -0.2) is 75.6 Å². The number of hydrogen-bond donors (Lipinski definition) is 3. The highest BCUT2D eigenvalue weighted by atomic mass is 16.5. The van der Waals surface area contributed by atoms with Crippen molar-refractivity contribution in [2.24, 2.45) is 11.8 Å². The number of aryl methyl sites for hydroxylation is 1. The van der Waals surface area contributed by atoms with Gasteiger partial charge in [0.15, 0.2) is 5.54 Å². The molecule has 2 aliphatic heterocycles. The van der Waals surface area contributed by atoms with E-state index < -0.39 is 47.8 Å². The van der Waals surface area contributed by atoms with E-state index in [1.165, 1.54) is 14.2 Å². The molecule has 0 bridgehead atoms. The third kappa shape index (κ3) is 2.51. The van der Waals surface area contributed by atoms with E-state index in [9.17, 15) is 24.6 Å². The zero-order chi connectivity index (χ0) is 20.1. The fourth-order valence-corrected chi connectivity index (χ4v) is 4.45. The van der Waals surface area contributed by atoms with Crippen molar-refractivity contribution in [3.05, 3.63) is 17.0 Å². The van der Waals surface area contributed by atoms with E-state index in [1.807, 2.05) is 0 Å². The number of esters is 1. The molecular weight excluding hydrogens is 356 g/mol. The molecule has 2 amide bonds. The number of imide groups is 1. The van der Waals surface area contributed by atoms with E-state index in [1.54, 1.807) is 18.5 Å². The quantitative estimate of drug-likeness (QED) is 0.405. The van der Waals surface area contributed by atoms with E-state index in [2.05, 4.69) is 10.4 Å². The topological polar surface area (TPSA) is 134 Å². The number of nitrogens with one attached hydrogen (secondary N) is 1. The average molecular weight is 380 g/mol. The van der Waals surface area contributed by atoms with Crippen molar-refractivity contribution < 1.29 is 29.3 Å². The number of hydrogen-bond acceptors (Lipinski definition) is 8. The van der Waals surface area contributed by atoms with Gasteiger partial charge in [0.1, 0.15) is 0 Å². The molecular formula is C17H24N4O6.